The van der Waals surface area contributed by atoms with Crippen LogP contribution in [0.4, 0.5) is 0 Å². The van der Waals surface area contributed by atoms with Gasteiger partial charge in [0.15, 0.2) is 0 Å². The summed E-state index contributed by atoms with van der Waals surface area (Å²) in [5.74, 6) is 0.106. The third kappa shape index (κ3) is 12.7. The van der Waals surface area contributed by atoms with Crippen LogP contribution in [0.3, 0.4) is 0 Å². The monoisotopic (exact) mass is 1470 g/mol. The highest BCUT2D eigenvalue weighted by molar-refractivity contribution is 6.07. The van der Waals surface area contributed by atoms with Crippen molar-refractivity contribution >= 4 is 105 Å². The van der Waals surface area contributed by atoms with Gasteiger partial charge in [-0.1, -0.05) is 219 Å². The van der Waals surface area contributed by atoms with E-state index in [1.165, 1.54) is 0 Å². The summed E-state index contributed by atoms with van der Waals surface area (Å²) in [7, 11) is 0. The van der Waals surface area contributed by atoms with E-state index in [4.69, 9.17) is 29.4 Å². The van der Waals surface area contributed by atoms with Crippen molar-refractivity contribution in [2.75, 3.05) is 13.2 Å². The summed E-state index contributed by atoms with van der Waals surface area (Å²) in [5, 5.41) is 6.95. The standard InChI is InChI=1S/C99H74N10O4/c110-98-68-38-21-36-66(94-84-54-50-80(104-84)90(62-28-11-3-12-29-62)76-46-42-72(100-76)88(60-24-7-1-8-25-60)73-43-47-77(101-73)91(63-30-13-4-14-31-63)81-51-55-85(94)105-81)96(68)112-58-23-59-113-97-67(37-22-39-69(97)99(111)109-71-41-20-19-40-70(71)108-98)95-86-56-52-82(106-86)92(64-32-15-5-16-33-64)78-48-44-74(102-78)89(61-26-9-2-10-27-61)75-45-49-79(103-75)93(65-34-17-6-18-35-65)83-53-57-87(95)107-83/h1-18,21-22,24-39,42-57,70-71,100,102,105,107H,19-20,23,40-41,58-59H2,(H,108,110)(H,109,111)/t70-,71-/m1/s1. The number of aromatic nitrogens is 8. The van der Waals surface area contributed by atoms with E-state index in [2.05, 4.69) is 225 Å². The van der Waals surface area contributed by atoms with Crippen LogP contribution < -0.4 is 20.1 Å². The first-order valence-corrected chi connectivity index (χ1v) is 38.6. The van der Waals surface area contributed by atoms with Gasteiger partial charge in [0, 0.05) is 118 Å². The number of para-hydroxylation sites is 2. The molecule has 14 heteroatoms. The molecule has 2 atom stereocenters. The van der Waals surface area contributed by atoms with E-state index in [0.29, 0.717) is 75.5 Å². The molecular formula is C99H74N10O4. The molecule has 16 bridgehead atoms. The quantitative estimate of drug-likeness (QED) is 0.0866. The van der Waals surface area contributed by atoms with E-state index in [0.717, 1.165) is 158 Å². The molecule has 544 valence electrons. The number of hydrogen-bond acceptors (Lipinski definition) is 8. The molecule has 5 aliphatic heterocycles. The van der Waals surface area contributed by atoms with Crippen LogP contribution >= 0.6 is 0 Å². The van der Waals surface area contributed by atoms with Crippen LogP contribution in [0.15, 0.2) is 267 Å². The van der Waals surface area contributed by atoms with Gasteiger partial charge in [0.25, 0.3) is 11.8 Å². The number of nitrogens with zero attached hydrogens (tertiary/aromatic N) is 4. The number of H-pyrrole nitrogens is 4. The highest BCUT2D eigenvalue weighted by Crippen LogP contribution is 2.46. The molecule has 1 aliphatic carbocycles. The van der Waals surface area contributed by atoms with Crippen molar-refractivity contribution in [2.24, 2.45) is 0 Å². The van der Waals surface area contributed by atoms with Crippen molar-refractivity contribution in [3.63, 3.8) is 0 Å². The maximum Gasteiger partial charge on any atom is 0.255 e. The van der Waals surface area contributed by atoms with Crippen molar-refractivity contribution in [2.45, 2.75) is 44.2 Å². The summed E-state index contributed by atoms with van der Waals surface area (Å²) in [6.07, 6.45) is 20.0. The molecule has 11 heterocycles. The molecular weight excluding hydrogens is 1390 g/mol. The molecule has 1 fully saturated rings. The fourth-order valence-electron chi connectivity index (χ4n) is 16.9. The van der Waals surface area contributed by atoms with Gasteiger partial charge in [0.1, 0.15) is 11.5 Å². The number of benzene rings is 8. The Hall–Kier alpha value is -14.5. The highest BCUT2D eigenvalue weighted by Gasteiger charge is 2.33. The van der Waals surface area contributed by atoms with Crippen molar-refractivity contribution in [3.05, 3.63) is 324 Å². The van der Waals surface area contributed by atoms with E-state index in [9.17, 15) is 0 Å². The average Bonchev–Trinajstić information content (AvgIpc) is 1.64. The maximum atomic E-state index is 15.7. The molecule has 0 unspecified atom stereocenters. The minimum atomic E-state index is -0.447. The van der Waals surface area contributed by atoms with Crippen LogP contribution in [0.5, 0.6) is 11.5 Å². The fraction of sp³-hybridized carbons (Fsp3) is 0.0909. The van der Waals surface area contributed by atoms with Crippen molar-refractivity contribution < 1.29 is 19.1 Å². The van der Waals surface area contributed by atoms with Crippen LogP contribution in [0.1, 0.15) is 98.4 Å². The normalized spacial score (nSPS) is 15.2. The second-order valence-electron chi connectivity index (χ2n) is 29.1. The minimum Gasteiger partial charge on any atom is -0.492 e. The zero-order valence-electron chi connectivity index (χ0n) is 61.5. The topological polar surface area (TPSA) is 191 Å². The summed E-state index contributed by atoms with van der Waals surface area (Å²) < 4.78 is 14.5. The number of rotatable bonds is 8. The van der Waals surface area contributed by atoms with E-state index in [-0.39, 0.29) is 25.0 Å². The zero-order valence-corrected chi connectivity index (χ0v) is 61.5. The molecule has 14 aromatic rings. The van der Waals surface area contributed by atoms with Crippen LogP contribution in [-0.2, 0) is 0 Å². The predicted octanol–water partition coefficient (Wildman–Crippen LogP) is 22.6. The number of carbonyl (C=O) groups is 2. The van der Waals surface area contributed by atoms with Crippen LogP contribution in [0, 0.1) is 0 Å². The lowest BCUT2D eigenvalue weighted by atomic mass is 9.89. The Bertz CT molecular complexity index is 6160. The van der Waals surface area contributed by atoms with Crippen molar-refractivity contribution in [1.82, 2.24) is 50.5 Å². The first kappa shape index (κ1) is 67.8. The minimum absolute atomic E-state index is 0.110. The smallest absolute Gasteiger partial charge is 0.255 e. The summed E-state index contributed by atoms with van der Waals surface area (Å²) in [6, 6.07) is 89.8. The summed E-state index contributed by atoms with van der Waals surface area (Å²) in [4.78, 5) is 69.3. The maximum absolute atomic E-state index is 15.7. The first-order valence-electron chi connectivity index (χ1n) is 38.6. The molecule has 6 N–H and O–H groups in total. The van der Waals surface area contributed by atoms with Gasteiger partial charge in [-0.2, -0.15) is 0 Å². The molecule has 6 aliphatic rings. The van der Waals surface area contributed by atoms with Crippen molar-refractivity contribution in [1.29, 1.82) is 0 Å². The Morgan fingerprint density at radius 2 is 0.460 bits per heavy atom. The second-order valence-corrected chi connectivity index (χ2v) is 29.1. The Kier molecular flexibility index (Phi) is 17.5. The fourth-order valence-corrected chi connectivity index (χ4v) is 16.9. The Balaban J connectivity index is 0.763. The molecule has 8 aromatic carbocycles. The summed E-state index contributed by atoms with van der Waals surface area (Å²) >= 11 is 0. The molecule has 0 radical (unpaired) electrons. The predicted molar refractivity (Wildman–Crippen MR) is 458 cm³/mol. The molecule has 0 spiro atoms. The van der Waals surface area contributed by atoms with Crippen molar-refractivity contribution in [3.8, 4) is 101 Å². The third-order valence-corrected chi connectivity index (χ3v) is 22.1. The van der Waals surface area contributed by atoms with Gasteiger partial charge in [0.2, 0.25) is 0 Å². The lowest BCUT2D eigenvalue weighted by Gasteiger charge is -2.33. The van der Waals surface area contributed by atoms with Gasteiger partial charge in [-0.15, -0.1) is 0 Å². The Morgan fingerprint density at radius 1 is 0.239 bits per heavy atom. The third-order valence-electron chi connectivity index (χ3n) is 22.1. The average molecular weight is 1470 g/mol. The number of aromatic amines is 4. The van der Waals surface area contributed by atoms with Gasteiger partial charge < -0.3 is 40.0 Å². The number of amides is 2. The number of ether oxygens (including phenoxy) is 2. The van der Waals surface area contributed by atoms with Gasteiger partial charge in [-0.3, -0.25) is 9.59 Å². The van der Waals surface area contributed by atoms with Crippen LogP contribution in [0.2, 0.25) is 0 Å². The lowest BCUT2D eigenvalue weighted by molar-refractivity contribution is 0.0859. The van der Waals surface area contributed by atoms with E-state index in [1.807, 2.05) is 121 Å². The number of nitrogens with one attached hydrogen (secondary N) is 6. The van der Waals surface area contributed by atoms with Crippen LogP contribution in [-0.4, -0.2) is 77.0 Å². The second kappa shape index (κ2) is 29.1. The molecule has 14 nitrogen and oxygen atoms in total. The molecule has 1 saturated carbocycles. The zero-order chi connectivity index (χ0) is 75.3. The van der Waals surface area contributed by atoms with Crippen LogP contribution in [0.25, 0.3) is 182 Å². The summed E-state index contributed by atoms with van der Waals surface area (Å²) in [5.41, 5.74) is 27.6. The number of carbonyl (C=O) groups excluding carboxylic acids is 2. The molecule has 20 rings (SSSR count). The molecule has 0 saturated heterocycles. The van der Waals surface area contributed by atoms with Gasteiger partial charge in [-0.05, 0) is 155 Å². The number of hydrogen-bond donors (Lipinski definition) is 6. The molecule has 113 heavy (non-hydrogen) atoms. The SMILES string of the molecule is O=C1N[C@@H]2CCCC[C@H]2NC(=O)c2cccc(-c3c4nc(c(-c5ccccc5)c5ccc([nH]5)c(-c5ccccc5)c5nc(c(-c6ccccc6)c6ccc3[nH]6)C=C5)C=C4)c2OCCCOc2c1cccc2-c1c2nc(c(-c3ccccc3)c3ccc([nH]3)c(-c3ccccc3)c3nc(c(-c4ccccc4)c4ccc1[nH]4)C=C3)C=C2. The van der Waals surface area contributed by atoms with Gasteiger partial charge in [0.05, 0.1) is 69.9 Å². The number of fused-ring (bicyclic) bond motifs is 19. The first-order chi connectivity index (χ1) is 55.8. The van der Waals surface area contributed by atoms with E-state index in [1.54, 1.807) is 0 Å². The Morgan fingerprint density at radius 3 is 0.708 bits per heavy atom. The molecule has 6 aromatic heterocycles. The highest BCUT2D eigenvalue weighted by atomic mass is 16.5. The lowest BCUT2D eigenvalue weighted by Crippen LogP contribution is -2.53. The van der Waals surface area contributed by atoms with E-state index >= 15 is 9.59 Å². The largest absolute Gasteiger partial charge is 0.492 e. The molecule has 2 amide bonds. The van der Waals surface area contributed by atoms with Gasteiger partial charge >= 0.3 is 0 Å². The van der Waals surface area contributed by atoms with Gasteiger partial charge in [-0.25, -0.2) is 19.9 Å². The Labute approximate surface area is 651 Å². The summed E-state index contributed by atoms with van der Waals surface area (Å²) in [6.45, 7) is 0.220. The van der Waals surface area contributed by atoms with E-state index < -0.39 is 12.1 Å².